The predicted molar refractivity (Wildman–Crippen MR) is 74.1 cm³/mol. The van der Waals surface area contributed by atoms with Gasteiger partial charge in [0.1, 0.15) is 5.03 Å². The lowest BCUT2D eigenvalue weighted by Gasteiger charge is -2.05. The molecule has 0 aliphatic heterocycles. The Morgan fingerprint density at radius 3 is 2.42 bits per heavy atom. The fourth-order valence-electron chi connectivity index (χ4n) is 1.48. The van der Waals surface area contributed by atoms with Crippen LogP contribution in [0.4, 0.5) is 5.69 Å². The molecule has 0 spiro atoms. The molecule has 1 aromatic carbocycles. The SMILES string of the molecule is CC(N)c1ccc(Sc2ccc([N+](=O)[O-])cc2)nc1. The summed E-state index contributed by atoms with van der Waals surface area (Å²) in [5, 5.41) is 11.4. The fourth-order valence-corrected chi connectivity index (χ4v) is 2.23. The number of non-ortho nitro benzene ring substituents is 1. The van der Waals surface area contributed by atoms with E-state index in [0.29, 0.717) is 0 Å². The van der Waals surface area contributed by atoms with Crippen LogP contribution >= 0.6 is 11.8 Å². The quantitative estimate of drug-likeness (QED) is 0.684. The van der Waals surface area contributed by atoms with Gasteiger partial charge in [0.25, 0.3) is 5.69 Å². The van der Waals surface area contributed by atoms with Crippen LogP contribution in [0.2, 0.25) is 0 Å². The molecule has 2 rings (SSSR count). The first kappa shape index (κ1) is 13.5. The van der Waals surface area contributed by atoms with Crippen molar-refractivity contribution in [1.82, 2.24) is 4.98 Å². The molecule has 0 saturated heterocycles. The number of rotatable bonds is 4. The summed E-state index contributed by atoms with van der Waals surface area (Å²) in [4.78, 5) is 15.3. The van der Waals surface area contributed by atoms with Crippen LogP contribution in [-0.4, -0.2) is 9.91 Å². The highest BCUT2D eigenvalue weighted by Crippen LogP contribution is 2.27. The normalized spacial score (nSPS) is 12.1. The molecule has 1 heterocycles. The van der Waals surface area contributed by atoms with Crippen molar-refractivity contribution in [2.45, 2.75) is 22.9 Å². The van der Waals surface area contributed by atoms with Gasteiger partial charge in [-0.05, 0) is 30.7 Å². The average Bonchev–Trinajstić information content (AvgIpc) is 2.40. The van der Waals surface area contributed by atoms with Crippen molar-refractivity contribution in [3.8, 4) is 0 Å². The Hall–Kier alpha value is -1.92. The van der Waals surface area contributed by atoms with Crippen LogP contribution < -0.4 is 5.73 Å². The van der Waals surface area contributed by atoms with Crippen molar-refractivity contribution in [3.63, 3.8) is 0 Å². The Morgan fingerprint density at radius 1 is 1.26 bits per heavy atom. The highest BCUT2D eigenvalue weighted by molar-refractivity contribution is 7.99. The summed E-state index contributed by atoms with van der Waals surface area (Å²) >= 11 is 1.45. The molecule has 1 atom stereocenters. The molecule has 2 N–H and O–H groups in total. The zero-order valence-electron chi connectivity index (χ0n) is 10.3. The van der Waals surface area contributed by atoms with E-state index in [1.165, 1.54) is 23.9 Å². The molecule has 6 heteroatoms. The Kier molecular flexibility index (Phi) is 4.13. The summed E-state index contributed by atoms with van der Waals surface area (Å²) in [5.41, 5.74) is 6.82. The van der Waals surface area contributed by atoms with Gasteiger partial charge in [0.15, 0.2) is 0 Å². The van der Waals surface area contributed by atoms with E-state index in [2.05, 4.69) is 4.98 Å². The van der Waals surface area contributed by atoms with Crippen LogP contribution in [0.15, 0.2) is 52.5 Å². The second-order valence-corrected chi connectivity index (χ2v) is 5.17. The molecule has 2 aromatic rings. The van der Waals surface area contributed by atoms with Crippen molar-refractivity contribution in [2.24, 2.45) is 5.73 Å². The van der Waals surface area contributed by atoms with Gasteiger partial charge in [0.05, 0.1) is 4.92 Å². The molecule has 98 valence electrons. The summed E-state index contributed by atoms with van der Waals surface area (Å²) < 4.78 is 0. The molecule has 0 bridgehead atoms. The van der Waals surface area contributed by atoms with E-state index >= 15 is 0 Å². The molecule has 5 nitrogen and oxygen atoms in total. The van der Waals surface area contributed by atoms with Crippen molar-refractivity contribution in [2.75, 3.05) is 0 Å². The van der Waals surface area contributed by atoms with Gasteiger partial charge < -0.3 is 5.73 Å². The van der Waals surface area contributed by atoms with Crippen molar-refractivity contribution >= 4 is 17.4 Å². The molecular weight excluding hydrogens is 262 g/mol. The van der Waals surface area contributed by atoms with Crippen molar-refractivity contribution in [3.05, 3.63) is 58.3 Å². The lowest BCUT2D eigenvalue weighted by atomic mass is 10.2. The first-order valence-electron chi connectivity index (χ1n) is 5.70. The number of nitrogens with zero attached hydrogens (tertiary/aromatic N) is 2. The lowest BCUT2D eigenvalue weighted by Crippen LogP contribution is -2.04. The van der Waals surface area contributed by atoms with Gasteiger partial charge >= 0.3 is 0 Å². The number of aromatic nitrogens is 1. The monoisotopic (exact) mass is 275 g/mol. The first-order valence-corrected chi connectivity index (χ1v) is 6.52. The summed E-state index contributed by atoms with van der Waals surface area (Å²) in [5.74, 6) is 0. The molecule has 1 aromatic heterocycles. The zero-order chi connectivity index (χ0) is 13.8. The number of nitro groups is 1. The Bertz CT molecular complexity index is 567. The molecule has 0 aliphatic rings. The predicted octanol–water partition coefficient (Wildman–Crippen LogP) is 3.16. The van der Waals surface area contributed by atoms with Gasteiger partial charge in [-0.3, -0.25) is 10.1 Å². The van der Waals surface area contributed by atoms with Gasteiger partial charge in [-0.15, -0.1) is 0 Å². The van der Waals surface area contributed by atoms with Crippen molar-refractivity contribution in [1.29, 1.82) is 0 Å². The summed E-state index contributed by atoms with van der Waals surface area (Å²) in [7, 11) is 0. The molecule has 0 radical (unpaired) electrons. The number of nitrogens with two attached hydrogens (primary N) is 1. The van der Waals surface area contributed by atoms with Crippen LogP contribution in [0.25, 0.3) is 0 Å². The van der Waals surface area contributed by atoms with E-state index in [-0.39, 0.29) is 11.7 Å². The largest absolute Gasteiger partial charge is 0.324 e. The van der Waals surface area contributed by atoms with Crippen molar-refractivity contribution < 1.29 is 4.92 Å². The third kappa shape index (κ3) is 3.52. The zero-order valence-corrected chi connectivity index (χ0v) is 11.1. The van der Waals surface area contributed by atoms with E-state index in [1.54, 1.807) is 18.3 Å². The third-order valence-electron chi connectivity index (χ3n) is 2.55. The van der Waals surface area contributed by atoms with E-state index in [4.69, 9.17) is 5.73 Å². The maximum absolute atomic E-state index is 10.5. The summed E-state index contributed by atoms with van der Waals surface area (Å²) in [6.07, 6.45) is 1.75. The van der Waals surface area contributed by atoms with Crippen LogP contribution in [0.5, 0.6) is 0 Å². The van der Waals surface area contributed by atoms with Crippen LogP contribution in [0.3, 0.4) is 0 Å². The van der Waals surface area contributed by atoms with Gasteiger partial charge in [0.2, 0.25) is 0 Å². The highest BCUT2D eigenvalue weighted by Gasteiger charge is 2.06. The smallest absolute Gasteiger partial charge is 0.269 e. The third-order valence-corrected chi connectivity index (χ3v) is 3.51. The Balaban J connectivity index is 2.10. The second-order valence-electron chi connectivity index (χ2n) is 4.07. The summed E-state index contributed by atoms with van der Waals surface area (Å²) in [6, 6.07) is 10.2. The van der Waals surface area contributed by atoms with Crippen LogP contribution in [0.1, 0.15) is 18.5 Å². The number of pyridine rings is 1. The van der Waals surface area contributed by atoms with Crippen LogP contribution in [0, 0.1) is 10.1 Å². The minimum atomic E-state index is -0.413. The average molecular weight is 275 g/mol. The Morgan fingerprint density at radius 2 is 1.95 bits per heavy atom. The first-order chi connectivity index (χ1) is 9.06. The molecule has 0 amide bonds. The van der Waals surface area contributed by atoms with Gasteiger partial charge in [-0.1, -0.05) is 17.8 Å². The molecular formula is C13H13N3O2S. The maximum atomic E-state index is 10.5. The van der Waals surface area contributed by atoms with E-state index in [0.717, 1.165) is 15.5 Å². The number of hydrogen-bond donors (Lipinski definition) is 1. The Labute approximate surface area is 115 Å². The van der Waals surface area contributed by atoms with Gasteiger partial charge in [0, 0.05) is 29.3 Å². The number of hydrogen-bond acceptors (Lipinski definition) is 5. The minimum Gasteiger partial charge on any atom is -0.324 e. The van der Waals surface area contributed by atoms with E-state index in [9.17, 15) is 10.1 Å². The highest BCUT2D eigenvalue weighted by atomic mass is 32.2. The maximum Gasteiger partial charge on any atom is 0.269 e. The van der Waals surface area contributed by atoms with E-state index < -0.39 is 4.92 Å². The molecule has 1 unspecified atom stereocenters. The molecule has 0 saturated carbocycles. The standard InChI is InChI=1S/C13H13N3O2S/c1-9(14)10-2-7-13(15-8-10)19-12-5-3-11(4-6-12)16(17)18/h2-9H,14H2,1H3. The molecule has 0 fully saturated rings. The van der Waals surface area contributed by atoms with Gasteiger partial charge in [-0.2, -0.15) is 0 Å². The second kappa shape index (κ2) is 5.81. The van der Waals surface area contributed by atoms with Crippen LogP contribution in [-0.2, 0) is 0 Å². The lowest BCUT2D eigenvalue weighted by molar-refractivity contribution is -0.384. The minimum absolute atomic E-state index is 0.0362. The summed E-state index contributed by atoms with van der Waals surface area (Å²) in [6.45, 7) is 1.90. The molecule has 0 aliphatic carbocycles. The number of benzene rings is 1. The molecule has 19 heavy (non-hydrogen) atoms. The topological polar surface area (TPSA) is 82.0 Å². The number of nitro benzene ring substituents is 1. The van der Waals surface area contributed by atoms with Gasteiger partial charge in [-0.25, -0.2) is 4.98 Å². The fraction of sp³-hybridized carbons (Fsp3) is 0.154. The van der Waals surface area contributed by atoms with E-state index in [1.807, 2.05) is 19.1 Å².